The number of nitrogens with two attached hydrogens (primary N) is 1. The van der Waals surface area contributed by atoms with Gasteiger partial charge in [0.2, 0.25) is 0 Å². The molecule has 2 atom stereocenters. The highest BCUT2D eigenvalue weighted by Gasteiger charge is 2.10. The zero-order valence-corrected chi connectivity index (χ0v) is 11.8. The van der Waals surface area contributed by atoms with E-state index in [0.717, 1.165) is 31.8 Å². The molecule has 98 valence electrons. The molecule has 0 fully saturated rings. The number of aromatic nitrogens is 1. The molecular weight excluding hydrogens is 230 g/mol. The molecule has 2 unspecified atom stereocenters. The van der Waals surface area contributed by atoms with Crippen molar-refractivity contribution in [3.63, 3.8) is 0 Å². The third kappa shape index (κ3) is 5.61. The molecule has 0 aliphatic rings. The van der Waals surface area contributed by atoms with Gasteiger partial charge in [0.25, 0.3) is 0 Å². The predicted molar refractivity (Wildman–Crippen MR) is 75.2 cm³/mol. The average molecular weight is 255 g/mol. The van der Waals surface area contributed by atoms with Crippen molar-refractivity contribution in [2.24, 2.45) is 11.7 Å². The summed E-state index contributed by atoms with van der Waals surface area (Å²) in [6.45, 7) is 6.37. The summed E-state index contributed by atoms with van der Waals surface area (Å²) in [7, 11) is 0. The lowest BCUT2D eigenvalue weighted by Gasteiger charge is -2.15. The van der Waals surface area contributed by atoms with E-state index in [1.165, 1.54) is 17.8 Å². The van der Waals surface area contributed by atoms with E-state index in [4.69, 9.17) is 5.73 Å². The standard InChI is InChI=1S/C13H25N3S/c1-3-12(13-16-9-10-17-13)15-8-4-5-11(2)6-7-14/h9-12,15H,3-8,14H2,1-2H3. The molecule has 0 aromatic carbocycles. The van der Waals surface area contributed by atoms with E-state index in [1.54, 1.807) is 11.3 Å². The molecule has 0 aliphatic carbocycles. The third-order valence-corrected chi connectivity index (χ3v) is 3.97. The summed E-state index contributed by atoms with van der Waals surface area (Å²) in [5.41, 5.74) is 5.55. The fraction of sp³-hybridized carbons (Fsp3) is 0.769. The smallest absolute Gasteiger partial charge is 0.109 e. The minimum absolute atomic E-state index is 0.430. The molecule has 0 saturated carbocycles. The van der Waals surface area contributed by atoms with Crippen LogP contribution in [-0.2, 0) is 0 Å². The van der Waals surface area contributed by atoms with Crippen molar-refractivity contribution in [1.29, 1.82) is 0 Å². The topological polar surface area (TPSA) is 50.9 Å². The number of thiazole rings is 1. The van der Waals surface area contributed by atoms with Gasteiger partial charge < -0.3 is 11.1 Å². The monoisotopic (exact) mass is 255 g/mol. The van der Waals surface area contributed by atoms with Crippen LogP contribution in [0.4, 0.5) is 0 Å². The second-order valence-electron chi connectivity index (χ2n) is 4.61. The number of hydrogen-bond donors (Lipinski definition) is 2. The molecule has 0 bridgehead atoms. The Kier molecular flexibility index (Phi) is 7.40. The Labute approximate surface area is 109 Å². The quantitative estimate of drug-likeness (QED) is 0.667. The van der Waals surface area contributed by atoms with Crippen LogP contribution in [0, 0.1) is 5.92 Å². The molecule has 0 aliphatic heterocycles. The largest absolute Gasteiger partial charge is 0.330 e. The highest BCUT2D eigenvalue weighted by molar-refractivity contribution is 7.09. The van der Waals surface area contributed by atoms with Gasteiger partial charge in [-0.2, -0.15) is 0 Å². The van der Waals surface area contributed by atoms with Crippen molar-refractivity contribution in [2.45, 2.75) is 45.6 Å². The van der Waals surface area contributed by atoms with Gasteiger partial charge in [-0.25, -0.2) is 4.98 Å². The van der Waals surface area contributed by atoms with E-state index in [2.05, 4.69) is 24.1 Å². The Morgan fingerprint density at radius 3 is 2.88 bits per heavy atom. The van der Waals surface area contributed by atoms with Gasteiger partial charge in [-0.1, -0.05) is 13.8 Å². The van der Waals surface area contributed by atoms with Crippen LogP contribution in [-0.4, -0.2) is 18.1 Å². The number of hydrogen-bond acceptors (Lipinski definition) is 4. The lowest BCUT2D eigenvalue weighted by atomic mass is 10.0. The maximum absolute atomic E-state index is 5.55. The Morgan fingerprint density at radius 1 is 1.47 bits per heavy atom. The first-order valence-electron chi connectivity index (χ1n) is 6.60. The van der Waals surface area contributed by atoms with Crippen LogP contribution < -0.4 is 11.1 Å². The minimum atomic E-state index is 0.430. The maximum Gasteiger partial charge on any atom is 0.109 e. The van der Waals surface area contributed by atoms with Crippen LogP contribution in [0.1, 0.15) is 50.6 Å². The first-order valence-corrected chi connectivity index (χ1v) is 7.48. The fourth-order valence-corrected chi connectivity index (χ4v) is 2.77. The Morgan fingerprint density at radius 2 is 2.29 bits per heavy atom. The van der Waals surface area contributed by atoms with Crippen molar-refractivity contribution < 1.29 is 0 Å². The van der Waals surface area contributed by atoms with Gasteiger partial charge in [0.15, 0.2) is 0 Å². The molecule has 3 N–H and O–H groups in total. The van der Waals surface area contributed by atoms with Gasteiger partial charge in [0.05, 0.1) is 6.04 Å². The molecule has 0 radical (unpaired) electrons. The second-order valence-corrected chi connectivity index (χ2v) is 5.54. The molecular formula is C13H25N3S. The summed E-state index contributed by atoms with van der Waals surface area (Å²) in [4.78, 5) is 4.37. The first kappa shape index (κ1) is 14.6. The predicted octanol–water partition coefficient (Wildman–Crippen LogP) is 2.95. The molecule has 0 saturated heterocycles. The van der Waals surface area contributed by atoms with Gasteiger partial charge in [-0.3, -0.25) is 0 Å². The van der Waals surface area contributed by atoms with E-state index in [-0.39, 0.29) is 0 Å². The molecule has 1 aromatic rings. The number of rotatable bonds is 9. The summed E-state index contributed by atoms with van der Waals surface area (Å²) in [6, 6.07) is 0.430. The normalized spacial score (nSPS) is 14.8. The molecule has 0 amide bonds. The highest BCUT2D eigenvalue weighted by Crippen LogP contribution is 2.18. The minimum Gasteiger partial charge on any atom is -0.330 e. The van der Waals surface area contributed by atoms with Crippen molar-refractivity contribution in [1.82, 2.24) is 10.3 Å². The van der Waals surface area contributed by atoms with Crippen LogP contribution in [0.5, 0.6) is 0 Å². The summed E-state index contributed by atoms with van der Waals surface area (Å²) in [5, 5.41) is 6.84. The van der Waals surface area contributed by atoms with Gasteiger partial charge in [0, 0.05) is 11.6 Å². The molecule has 17 heavy (non-hydrogen) atoms. The highest BCUT2D eigenvalue weighted by atomic mass is 32.1. The van der Waals surface area contributed by atoms with Crippen molar-refractivity contribution in [3.05, 3.63) is 16.6 Å². The van der Waals surface area contributed by atoms with E-state index < -0.39 is 0 Å². The number of nitrogens with zero attached hydrogens (tertiary/aromatic N) is 1. The molecule has 1 rings (SSSR count). The summed E-state index contributed by atoms with van der Waals surface area (Å²) < 4.78 is 0. The lowest BCUT2D eigenvalue weighted by molar-refractivity contribution is 0.443. The molecule has 1 aromatic heterocycles. The molecule has 1 heterocycles. The van der Waals surface area contributed by atoms with Crippen LogP contribution in [0.2, 0.25) is 0 Å². The van der Waals surface area contributed by atoms with Crippen molar-refractivity contribution >= 4 is 11.3 Å². The van der Waals surface area contributed by atoms with E-state index in [1.807, 2.05) is 11.6 Å². The average Bonchev–Trinajstić information content (AvgIpc) is 2.83. The number of nitrogens with one attached hydrogen (secondary N) is 1. The second kappa shape index (κ2) is 8.61. The van der Waals surface area contributed by atoms with Crippen LogP contribution in [0.15, 0.2) is 11.6 Å². The maximum atomic E-state index is 5.55. The van der Waals surface area contributed by atoms with Crippen LogP contribution >= 0.6 is 11.3 Å². The summed E-state index contributed by atoms with van der Waals surface area (Å²) in [5.74, 6) is 0.752. The summed E-state index contributed by atoms with van der Waals surface area (Å²) in [6.07, 6.45) is 6.62. The van der Waals surface area contributed by atoms with E-state index in [9.17, 15) is 0 Å². The van der Waals surface area contributed by atoms with Gasteiger partial charge >= 0.3 is 0 Å². The van der Waals surface area contributed by atoms with Crippen LogP contribution in [0.3, 0.4) is 0 Å². The van der Waals surface area contributed by atoms with Crippen molar-refractivity contribution in [3.8, 4) is 0 Å². The zero-order chi connectivity index (χ0) is 12.5. The Hall–Kier alpha value is -0.450. The van der Waals surface area contributed by atoms with E-state index in [0.29, 0.717) is 6.04 Å². The fourth-order valence-electron chi connectivity index (χ4n) is 1.97. The summed E-state index contributed by atoms with van der Waals surface area (Å²) >= 11 is 1.74. The lowest BCUT2D eigenvalue weighted by Crippen LogP contribution is -2.22. The third-order valence-electron chi connectivity index (χ3n) is 3.08. The Bertz CT molecular complexity index is 274. The van der Waals surface area contributed by atoms with Gasteiger partial charge in [0.1, 0.15) is 5.01 Å². The van der Waals surface area contributed by atoms with Gasteiger partial charge in [-0.15, -0.1) is 11.3 Å². The van der Waals surface area contributed by atoms with E-state index >= 15 is 0 Å². The molecule has 4 heteroatoms. The van der Waals surface area contributed by atoms with Gasteiger partial charge in [-0.05, 0) is 44.7 Å². The molecule has 3 nitrogen and oxygen atoms in total. The van der Waals surface area contributed by atoms with Crippen LogP contribution in [0.25, 0.3) is 0 Å². The first-order chi connectivity index (χ1) is 8.27. The zero-order valence-electron chi connectivity index (χ0n) is 11.0. The SMILES string of the molecule is CCC(NCCCC(C)CCN)c1nccs1. The Balaban J connectivity index is 2.16. The molecule has 0 spiro atoms. The van der Waals surface area contributed by atoms with Crippen molar-refractivity contribution in [2.75, 3.05) is 13.1 Å².